The lowest BCUT2D eigenvalue weighted by Crippen LogP contribution is -2.45. The summed E-state index contributed by atoms with van der Waals surface area (Å²) in [7, 11) is 0. The molecular weight excluding hydrogens is 356 g/mol. The zero-order valence-electron chi connectivity index (χ0n) is 12.7. The van der Waals surface area contributed by atoms with E-state index in [1.165, 1.54) is 0 Å². The van der Waals surface area contributed by atoms with Gasteiger partial charge in [0.2, 0.25) is 5.91 Å². The van der Waals surface area contributed by atoms with Crippen molar-refractivity contribution in [2.45, 2.75) is 25.3 Å². The molecule has 0 saturated carbocycles. The molecule has 0 saturated heterocycles. The largest absolute Gasteiger partial charge is 0.369 e. The molecule has 3 rings (SSSR count). The third-order valence-electron chi connectivity index (χ3n) is 4.26. The van der Waals surface area contributed by atoms with Gasteiger partial charge in [0.05, 0.1) is 11.5 Å². The van der Waals surface area contributed by atoms with Crippen molar-refractivity contribution >= 4 is 33.4 Å². The van der Waals surface area contributed by atoms with Crippen molar-refractivity contribution in [3.8, 4) is 0 Å². The van der Waals surface area contributed by atoms with Gasteiger partial charge in [0.25, 0.3) is 5.91 Å². The summed E-state index contributed by atoms with van der Waals surface area (Å²) in [5.41, 5.74) is 7.73. The molecule has 1 aliphatic rings. The van der Waals surface area contributed by atoms with Crippen LogP contribution in [0.15, 0.2) is 53.0 Å². The Kier molecular flexibility index (Phi) is 4.22. The lowest BCUT2D eigenvalue weighted by molar-refractivity contribution is -0.119. The number of rotatable bonds is 2. The highest BCUT2D eigenvalue weighted by Crippen LogP contribution is 2.39. The molecule has 2 aromatic rings. The topological polar surface area (TPSA) is 63.4 Å². The Morgan fingerprint density at radius 3 is 2.48 bits per heavy atom. The predicted molar refractivity (Wildman–Crippen MR) is 93.4 cm³/mol. The first-order valence-electron chi connectivity index (χ1n) is 7.47. The number of fused-ring (bicyclic) bond motifs is 1. The molecule has 0 aromatic heterocycles. The van der Waals surface area contributed by atoms with Crippen molar-refractivity contribution in [1.82, 2.24) is 0 Å². The van der Waals surface area contributed by atoms with E-state index in [0.717, 1.165) is 15.7 Å². The number of para-hydroxylation sites is 1. The minimum atomic E-state index is -0.357. The summed E-state index contributed by atoms with van der Waals surface area (Å²) in [4.78, 5) is 26.6. The summed E-state index contributed by atoms with van der Waals surface area (Å²) in [6.07, 6.45) is 0.530. The number of anilines is 1. The van der Waals surface area contributed by atoms with Crippen LogP contribution in [-0.4, -0.2) is 17.9 Å². The maximum atomic E-state index is 13.0. The Bertz CT molecular complexity index is 775. The molecule has 0 radical (unpaired) electrons. The number of nitrogens with zero attached hydrogens (tertiary/aromatic N) is 1. The summed E-state index contributed by atoms with van der Waals surface area (Å²) in [6, 6.07) is 14.7. The Hall–Kier alpha value is -2.14. The molecule has 2 aromatic carbocycles. The van der Waals surface area contributed by atoms with E-state index in [2.05, 4.69) is 15.9 Å². The number of benzene rings is 2. The molecule has 4 nitrogen and oxygen atoms in total. The minimum Gasteiger partial charge on any atom is -0.369 e. The molecule has 1 aliphatic heterocycles. The maximum Gasteiger partial charge on any atom is 0.259 e. The molecule has 5 heteroatoms. The van der Waals surface area contributed by atoms with Crippen LogP contribution in [0.1, 0.15) is 35.2 Å². The Balaban J connectivity index is 2.09. The van der Waals surface area contributed by atoms with Crippen molar-refractivity contribution in [2.75, 3.05) is 4.90 Å². The highest BCUT2D eigenvalue weighted by molar-refractivity contribution is 9.10. The number of carbonyl (C=O) groups excluding carboxylic acids is 2. The van der Waals surface area contributed by atoms with Crippen LogP contribution in [0.2, 0.25) is 0 Å². The van der Waals surface area contributed by atoms with Crippen molar-refractivity contribution < 1.29 is 9.59 Å². The van der Waals surface area contributed by atoms with Crippen LogP contribution in [-0.2, 0) is 4.79 Å². The summed E-state index contributed by atoms with van der Waals surface area (Å²) in [6.45, 7) is 1.95. The third-order valence-corrected chi connectivity index (χ3v) is 4.95. The molecule has 0 bridgehead atoms. The molecule has 0 fully saturated rings. The van der Waals surface area contributed by atoms with Crippen LogP contribution in [0.5, 0.6) is 0 Å². The Labute approximate surface area is 143 Å². The fraction of sp³-hybridized carbons (Fsp3) is 0.222. The van der Waals surface area contributed by atoms with Crippen LogP contribution in [0, 0.1) is 0 Å². The number of nitrogens with two attached hydrogens (primary N) is 1. The monoisotopic (exact) mass is 372 g/mol. The molecule has 118 valence electrons. The molecule has 2 atom stereocenters. The zero-order valence-corrected chi connectivity index (χ0v) is 14.3. The van der Waals surface area contributed by atoms with E-state index in [1.807, 2.05) is 49.4 Å². The van der Waals surface area contributed by atoms with Crippen molar-refractivity contribution in [3.05, 3.63) is 64.1 Å². The third kappa shape index (κ3) is 2.77. The van der Waals surface area contributed by atoms with Gasteiger partial charge in [0, 0.05) is 16.2 Å². The number of hydrogen-bond acceptors (Lipinski definition) is 2. The summed E-state index contributed by atoms with van der Waals surface area (Å²) < 4.78 is 0.756. The van der Waals surface area contributed by atoms with E-state index in [1.54, 1.807) is 11.0 Å². The molecule has 0 aliphatic carbocycles. The first-order valence-corrected chi connectivity index (χ1v) is 8.26. The smallest absolute Gasteiger partial charge is 0.259 e. The molecule has 0 spiro atoms. The van der Waals surface area contributed by atoms with Gasteiger partial charge < -0.3 is 10.6 Å². The highest BCUT2D eigenvalue weighted by Gasteiger charge is 2.36. The van der Waals surface area contributed by atoms with Crippen molar-refractivity contribution in [3.63, 3.8) is 0 Å². The number of amides is 2. The summed E-state index contributed by atoms with van der Waals surface area (Å²) in [5.74, 6) is -0.790. The van der Waals surface area contributed by atoms with E-state index in [4.69, 9.17) is 5.73 Å². The van der Waals surface area contributed by atoms with E-state index < -0.39 is 0 Å². The van der Waals surface area contributed by atoms with Gasteiger partial charge >= 0.3 is 0 Å². The van der Waals surface area contributed by atoms with Crippen LogP contribution in [0.4, 0.5) is 5.69 Å². The number of hydrogen-bond donors (Lipinski definition) is 1. The molecule has 1 heterocycles. The second kappa shape index (κ2) is 6.16. The van der Waals surface area contributed by atoms with E-state index in [0.29, 0.717) is 12.0 Å². The average molecular weight is 373 g/mol. The van der Waals surface area contributed by atoms with Gasteiger partial charge in [0.15, 0.2) is 0 Å². The Morgan fingerprint density at radius 2 is 1.78 bits per heavy atom. The lowest BCUT2D eigenvalue weighted by atomic mass is 9.85. The van der Waals surface area contributed by atoms with Crippen LogP contribution in [0.3, 0.4) is 0 Å². The van der Waals surface area contributed by atoms with Crippen LogP contribution in [0.25, 0.3) is 0 Å². The van der Waals surface area contributed by atoms with E-state index in [-0.39, 0.29) is 23.8 Å². The van der Waals surface area contributed by atoms with Crippen molar-refractivity contribution in [2.24, 2.45) is 5.73 Å². The summed E-state index contributed by atoms with van der Waals surface area (Å²) >= 11 is 3.44. The highest BCUT2D eigenvalue weighted by atomic mass is 79.9. The quantitative estimate of drug-likeness (QED) is 0.876. The molecular formula is C18H17BrN2O2. The van der Waals surface area contributed by atoms with Gasteiger partial charge in [0.1, 0.15) is 0 Å². The van der Waals surface area contributed by atoms with Gasteiger partial charge in [-0.3, -0.25) is 9.59 Å². The van der Waals surface area contributed by atoms with Gasteiger partial charge in [-0.15, -0.1) is 0 Å². The van der Waals surface area contributed by atoms with Crippen molar-refractivity contribution in [1.29, 1.82) is 0 Å². The second-order valence-corrected chi connectivity index (χ2v) is 6.61. The standard InChI is InChI=1S/C18H17BrN2O2/c1-11-10-14(17(20)22)12-6-3-5-9-16(12)21(11)18(23)13-7-2-4-8-15(13)19/h2-9,11,14H,10H2,1H3,(H2,20,22)/t11-,14+/m1/s1. The van der Waals surface area contributed by atoms with E-state index in [9.17, 15) is 9.59 Å². The Morgan fingerprint density at radius 1 is 1.13 bits per heavy atom. The SMILES string of the molecule is C[C@@H]1C[C@H](C(N)=O)c2ccccc2N1C(=O)c1ccccc1Br. The minimum absolute atomic E-state index is 0.0830. The van der Waals surface area contributed by atoms with Gasteiger partial charge in [-0.1, -0.05) is 30.3 Å². The maximum absolute atomic E-state index is 13.0. The zero-order chi connectivity index (χ0) is 16.6. The number of carbonyl (C=O) groups is 2. The molecule has 2 N–H and O–H groups in total. The average Bonchev–Trinajstić information content (AvgIpc) is 2.54. The van der Waals surface area contributed by atoms with Gasteiger partial charge in [-0.05, 0) is 53.0 Å². The molecule has 0 unspecified atom stereocenters. The second-order valence-electron chi connectivity index (χ2n) is 5.75. The van der Waals surface area contributed by atoms with Gasteiger partial charge in [-0.25, -0.2) is 0 Å². The summed E-state index contributed by atoms with van der Waals surface area (Å²) in [5, 5.41) is 0. The molecule has 23 heavy (non-hydrogen) atoms. The molecule has 2 amide bonds. The fourth-order valence-electron chi connectivity index (χ4n) is 3.16. The lowest BCUT2D eigenvalue weighted by Gasteiger charge is -2.38. The van der Waals surface area contributed by atoms with Crippen LogP contribution < -0.4 is 10.6 Å². The normalized spacial score (nSPS) is 20.0. The first kappa shape index (κ1) is 15.7. The number of halogens is 1. The van der Waals surface area contributed by atoms with Crippen LogP contribution >= 0.6 is 15.9 Å². The van der Waals surface area contributed by atoms with E-state index >= 15 is 0 Å². The fourth-order valence-corrected chi connectivity index (χ4v) is 3.61. The van der Waals surface area contributed by atoms with Gasteiger partial charge in [-0.2, -0.15) is 0 Å². The predicted octanol–water partition coefficient (Wildman–Crippen LogP) is 3.46. The first-order chi connectivity index (χ1) is 11.0. The number of primary amides is 1.